The Labute approximate surface area is 132 Å². The summed E-state index contributed by atoms with van der Waals surface area (Å²) in [6, 6.07) is 0. The quantitative estimate of drug-likeness (QED) is 0.381. The van der Waals surface area contributed by atoms with E-state index in [4.69, 9.17) is 30.8 Å². The highest BCUT2D eigenvalue weighted by molar-refractivity contribution is 5.69. The molecule has 8 heteroatoms. The van der Waals surface area contributed by atoms with E-state index in [0.29, 0.717) is 32.9 Å². The van der Waals surface area contributed by atoms with Crippen LogP contribution in [-0.2, 0) is 23.8 Å². The van der Waals surface area contributed by atoms with Crippen molar-refractivity contribution < 1.29 is 28.9 Å². The first kappa shape index (κ1) is 23.1. The van der Waals surface area contributed by atoms with Crippen LogP contribution in [-0.4, -0.2) is 62.2 Å². The molecular formula is C14H30N2O6. The fraction of sp³-hybridized carbons (Fsp3) is 0.857. The van der Waals surface area contributed by atoms with Gasteiger partial charge in [0.05, 0.1) is 39.3 Å². The van der Waals surface area contributed by atoms with Gasteiger partial charge in [-0.3, -0.25) is 9.59 Å². The van der Waals surface area contributed by atoms with E-state index in [1.807, 2.05) is 20.8 Å². The number of carboxylic acid groups (broad SMARTS) is 1. The minimum Gasteiger partial charge on any atom is -0.481 e. The third kappa shape index (κ3) is 23.8. The summed E-state index contributed by atoms with van der Waals surface area (Å²) in [5.41, 5.74) is 9.87. The fourth-order valence-electron chi connectivity index (χ4n) is 1.08. The van der Waals surface area contributed by atoms with Crippen LogP contribution in [0.2, 0.25) is 0 Å². The Balaban J connectivity index is 0. The van der Waals surface area contributed by atoms with Gasteiger partial charge < -0.3 is 30.8 Å². The van der Waals surface area contributed by atoms with Gasteiger partial charge in [-0.15, -0.1) is 0 Å². The normalized spacial score (nSPS) is 10.6. The summed E-state index contributed by atoms with van der Waals surface area (Å²) in [5, 5.41) is 8.10. The molecule has 5 N–H and O–H groups in total. The Morgan fingerprint density at radius 1 is 0.909 bits per heavy atom. The second kappa shape index (κ2) is 14.7. The molecule has 0 radical (unpaired) electrons. The standard InChI is InChI=1S/C9H19NO3.C5H11NO3/c1-9(2,3)13-8(11)4-6-12-7-5-10;6-2-4-9-3-1-5(7)8/h4-7,10H2,1-3H3;1-4,6H2,(H,7,8). The lowest BCUT2D eigenvalue weighted by Crippen LogP contribution is -2.24. The van der Waals surface area contributed by atoms with Crippen LogP contribution < -0.4 is 11.5 Å². The number of carbonyl (C=O) groups excluding carboxylic acids is 1. The second-order valence-corrected chi connectivity index (χ2v) is 5.28. The van der Waals surface area contributed by atoms with Gasteiger partial charge in [0.2, 0.25) is 0 Å². The molecule has 8 nitrogen and oxygen atoms in total. The van der Waals surface area contributed by atoms with Crippen LogP contribution in [0.15, 0.2) is 0 Å². The Morgan fingerprint density at radius 2 is 1.36 bits per heavy atom. The van der Waals surface area contributed by atoms with E-state index in [-0.39, 0.29) is 25.4 Å². The third-order valence-electron chi connectivity index (χ3n) is 1.86. The first-order chi connectivity index (χ1) is 10.2. The number of aliphatic carboxylic acids is 1. The Kier molecular flexibility index (Phi) is 15.4. The van der Waals surface area contributed by atoms with Gasteiger partial charge in [0.1, 0.15) is 5.60 Å². The van der Waals surface area contributed by atoms with Crippen LogP contribution in [0.4, 0.5) is 0 Å². The zero-order valence-corrected chi connectivity index (χ0v) is 13.8. The predicted octanol–water partition coefficient (Wildman–Crippen LogP) is 0.130. The Hall–Kier alpha value is -1.22. The van der Waals surface area contributed by atoms with Crippen LogP contribution in [0, 0.1) is 0 Å². The fourth-order valence-corrected chi connectivity index (χ4v) is 1.08. The van der Waals surface area contributed by atoms with E-state index in [1.54, 1.807) is 0 Å². The lowest BCUT2D eigenvalue weighted by Gasteiger charge is -2.19. The molecule has 0 aliphatic carbocycles. The molecule has 22 heavy (non-hydrogen) atoms. The summed E-state index contributed by atoms with van der Waals surface area (Å²) in [7, 11) is 0. The minimum atomic E-state index is -0.841. The first-order valence-corrected chi connectivity index (χ1v) is 7.22. The van der Waals surface area contributed by atoms with E-state index in [1.165, 1.54) is 0 Å². The van der Waals surface area contributed by atoms with Gasteiger partial charge in [0, 0.05) is 13.1 Å². The van der Waals surface area contributed by atoms with Gasteiger partial charge in [0.15, 0.2) is 0 Å². The summed E-state index contributed by atoms with van der Waals surface area (Å²) in [6.07, 6.45) is 0.345. The van der Waals surface area contributed by atoms with E-state index in [0.717, 1.165) is 0 Å². The van der Waals surface area contributed by atoms with Crippen molar-refractivity contribution in [3.63, 3.8) is 0 Å². The minimum absolute atomic E-state index is 0.0556. The summed E-state index contributed by atoms with van der Waals surface area (Å²) < 4.78 is 14.9. The van der Waals surface area contributed by atoms with Crippen molar-refractivity contribution in [2.45, 2.75) is 39.2 Å². The second-order valence-electron chi connectivity index (χ2n) is 5.28. The Morgan fingerprint density at radius 3 is 1.73 bits per heavy atom. The van der Waals surface area contributed by atoms with E-state index in [2.05, 4.69) is 0 Å². The number of hydrogen-bond donors (Lipinski definition) is 3. The SMILES string of the molecule is CC(C)(C)OC(=O)CCOCCN.NCCOCCC(=O)O. The van der Waals surface area contributed by atoms with Crippen LogP contribution in [0.5, 0.6) is 0 Å². The molecule has 0 unspecified atom stereocenters. The maximum atomic E-state index is 11.1. The molecule has 0 amide bonds. The number of nitrogens with two attached hydrogens (primary N) is 2. The maximum absolute atomic E-state index is 11.1. The largest absolute Gasteiger partial charge is 0.481 e. The van der Waals surface area contributed by atoms with Crippen LogP contribution in [0.25, 0.3) is 0 Å². The molecule has 0 aromatic rings. The van der Waals surface area contributed by atoms with Crippen LogP contribution in [0.1, 0.15) is 33.6 Å². The van der Waals surface area contributed by atoms with Gasteiger partial charge >= 0.3 is 11.9 Å². The lowest BCUT2D eigenvalue weighted by molar-refractivity contribution is -0.156. The average Bonchev–Trinajstić information content (AvgIpc) is 2.38. The molecule has 132 valence electrons. The maximum Gasteiger partial charge on any atom is 0.308 e. The topological polar surface area (TPSA) is 134 Å². The Bertz CT molecular complexity index is 292. The van der Waals surface area contributed by atoms with Crippen molar-refractivity contribution in [1.82, 2.24) is 0 Å². The van der Waals surface area contributed by atoms with Gasteiger partial charge in [0.25, 0.3) is 0 Å². The monoisotopic (exact) mass is 322 g/mol. The van der Waals surface area contributed by atoms with Crippen molar-refractivity contribution in [2.24, 2.45) is 11.5 Å². The predicted molar refractivity (Wildman–Crippen MR) is 82.5 cm³/mol. The van der Waals surface area contributed by atoms with Gasteiger partial charge in [-0.25, -0.2) is 0 Å². The molecular weight excluding hydrogens is 292 g/mol. The number of carboxylic acids is 1. The van der Waals surface area contributed by atoms with Crippen molar-refractivity contribution in [3.05, 3.63) is 0 Å². The number of ether oxygens (including phenoxy) is 3. The molecule has 0 aliphatic rings. The van der Waals surface area contributed by atoms with Gasteiger partial charge in [-0.2, -0.15) is 0 Å². The number of carbonyl (C=O) groups is 2. The third-order valence-corrected chi connectivity index (χ3v) is 1.86. The van der Waals surface area contributed by atoms with Crippen molar-refractivity contribution in [3.8, 4) is 0 Å². The summed E-state index contributed by atoms with van der Waals surface area (Å²) in [4.78, 5) is 20.9. The highest BCUT2D eigenvalue weighted by Gasteiger charge is 2.15. The van der Waals surface area contributed by atoms with Crippen molar-refractivity contribution in [2.75, 3.05) is 39.5 Å². The number of rotatable bonds is 10. The molecule has 0 aromatic heterocycles. The van der Waals surface area contributed by atoms with Crippen LogP contribution >= 0.6 is 0 Å². The number of esters is 1. The molecule has 0 rings (SSSR count). The molecule has 0 saturated carbocycles. The zero-order chi connectivity index (χ0) is 17.4. The smallest absolute Gasteiger partial charge is 0.308 e. The molecule has 0 spiro atoms. The average molecular weight is 322 g/mol. The van der Waals surface area contributed by atoms with Crippen molar-refractivity contribution in [1.29, 1.82) is 0 Å². The summed E-state index contributed by atoms with van der Waals surface area (Å²) >= 11 is 0. The van der Waals surface area contributed by atoms with E-state index in [9.17, 15) is 9.59 Å². The molecule has 0 aromatic carbocycles. The van der Waals surface area contributed by atoms with E-state index < -0.39 is 11.6 Å². The molecule has 0 bridgehead atoms. The van der Waals surface area contributed by atoms with Gasteiger partial charge in [-0.05, 0) is 20.8 Å². The summed E-state index contributed by atoms with van der Waals surface area (Å²) in [5.74, 6) is -1.07. The zero-order valence-electron chi connectivity index (χ0n) is 13.8. The lowest BCUT2D eigenvalue weighted by atomic mass is 10.2. The number of hydrogen-bond acceptors (Lipinski definition) is 7. The van der Waals surface area contributed by atoms with Crippen molar-refractivity contribution >= 4 is 11.9 Å². The van der Waals surface area contributed by atoms with E-state index >= 15 is 0 Å². The molecule has 0 saturated heterocycles. The van der Waals surface area contributed by atoms with Crippen LogP contribution in [0.3, 0.4) is 0 Å². The summed E-state index contributed by atoms with van der Waals surface area (Å²) in [6.45, 7) is 8.01. The highest BCUT2D eigenvalue weighted by Crippen LogP contribution is 2.07. The molecule has 0 heterocycles. The molecule has 0 atom stereocenters. The first-order valence-electron chi connectivity index (χ1n) is 7.22. The molecule has 0 fully saturated rings. The van der Waals surface area contributed by atoms with Gasteiger partial charge in [-0.1, -0.05) is 0 Å². The molecule has 0 aliphatic heterocycles. The highest BCUT2D eigenvalue weighted by atomic mass is 16.6.